The first-order valence-electron chi connectivity index (χ1n) is 14.1. The maximum Gasteiger partial charge on any atom is 0.253 e. The van der Waals surface area contributed by atoms with Crippen LogP contribution in [0.5, 0.6) is 11.5 Å². The van der Waals surface area contributed by atoms with Crippen molar-refractivity contribution < 1.29 is 37.0 Å². The van der Waals surface area contributed by atoms with Gasteiger partial charge < -0.3 is 15.1 Å². The van der Waals surface area contributed by atoms with Gasteiger partial charge in [-0.1, -0.05) is 0 Å². The molecule has 2 amide bonds. The first-order chi connectivity index (χ1) is 22.4. The lowest BCUT2D eigenvalue weighted by Gasteiger charge is -2.18. The lowest BCUT2D eigenvalue weighted by molar-refractivity contribution is -0.118. The summed E-state index contributed by atoms with van der Waals surface area (Å²) in [5, 5.41) is 24.1. The molecule has 3 fully saturated rings. The second kappa shape index (κ2) is 12.6. The van der Waals surface area contributed by atoms with Gasteiger partial charge in [0.15, 0.2) is 11.6 Å². The van der Waals surface area contributed by atoms with Crippen molar-refractivity contribution in [1.82, 2.24) is 24.2 Å². The summed E-state index contributed by atoms with van der Waals surface area (Å²) in [6.45, 7) is -0.569. The zero-order chi connectivity index (χ0) is 33.6. The summed E-state index contributed by atoms with van der Waals surface area (Å²) in [6.07, 6.45) is 6.94. The molecule has 2 aromatic heterocycles. The molecule has 246 valence electrons. The average molecular weight is 687 g/mol. The Hall–Kier alpha value is -5.10. The molecule has 0 radical (unpaired) electrons. The van der Waals surface area contributed by atoms with Crippen molar-refractivity contribution in [2.24, 2.45) is 0 Å². The highest BCUT2D eigenvalue weighted by Gasteiger charge is 2.34. The van der Waals surface area contributed by atoms with Crippen LogP contribution in [-0.4, -0.2) is 72.4 Å². The van der Waals surface area contributed by atoms with E-state index < -0.39 is 45.8 Å². The molecule has 2 aliphatic heterocycles. The molecule has 3 aliphatic rings. The fourth-order valence-electron chi connectivity index (χ4n) is 4.93. The van der Waals surface area contributed by atoms with Crippen LogP contribution >= 0.6 is 0 Å². The van der Waals surface area contributed by atoms with E-state index in [-0.39, 0.29) is 47.1 Å². The molecular weight excluding hydrogens is 658 g/mol. The number of anilines is 3. The topological polar surface area (TPSA) is 173 Å². The smallest absolute Gasteiger partial charge is 0.253 e. The molecule has 2 aromatic carbocycles. The number of aromatic nitrogens is 3. The number of benzene rings is 2. The predicted molar refractivity (Wildman–Crippen MR) is 170 cm³/mol. The van der Waals surface area contributed by atoms with E-state index in [0.29, 0.717) is 23.0 Å². The zero-order valence-corrected chi connectivity index (χ0v) is 26.5. The van der Waals surface area contributed by atoms with Crippen LogP contribution in [0.4, 0.5) is 26.0 Å². The molecule has 2 atom stereocenters. The molecule has 4 aromatic rings. The van der Waals surface area contributed by atoms with E-state index in [0.717, 1.165) is 21.5 Å². The normalized spacial score (nSPS) is 18.9. The molecular formula is C29H28F2N8O6S2. The van der Waals surface area contributed by atoms with Crippen molar-refractivity contribution in [2.45, 2.75) is 18.9 Å². The lowest BCUT2D eigenvalue weighted by atomic mass is 10.1. The largest absolute Gasteiger partial charge is 0.506 e. The Morgan fingerprint density at radius 1 is 0.809 bits per heavy atom. The van der Waals surface area contributed by atoms with Crippen molar-refractivity contribution >= 4 is 51.4 Å². The second-order valence-corrected chi connectivity index (χ2v) is 13.2. The van der Waals surface area contributed by atoms with Gasteiger partial charge >= 0.3 is 0 Å². The van der Waals surface area contributed by atoms with Crippen molar-refractivity contribution in [3.05, 3.63) is 66.6 Å². The van der Waals surface area contributed by atoms with Gasteiger partial charge in [-0.25, -0.2) is 22.2 Å². The maximum atomic E-state index is 14.9. The molecule has 4 heterocycles. The number of amides is 2. The van der Waals surface area contributed by atoms with Crippen LogP contribution in [0.25, 0.3) is 22.3 Å². The monoisotopic (exact) mass is 686 g/mol. The quantitative estimate of drug-likeness (QED) is 0.238. The van der Waals surface area contributed by atoms with Crippen LogP contribution in [0, 0.1) is 11.6 Å². The molecule has 1 saturated carbocycles. The van der Waals surface area contributed by atoms with Gasteiger partial charge in [0.05, 0.1) is 12.2 Å². The van der Waals surface area contributed by atoms with E-state index in [1.54, 1.807) is 29.2 Å². The van der Waals surface area contributed by atoms with Crippen LogP contribution in [0.2, 0.25) is 0 Å². The minimum absolute atomic E-state index is 0.192. The number of rotatable bonds is 6. The molecule has 2 saturated heterocycles. The van der Waals surface area contributed by atoms with Gasteiger partial charge in [-0.3, -0.25) is 32.3 Å². The third-order valence-electron chi connectivity index (χ3n) is 7.42. The zero-order valence-electron chi connectivity index (χ0n) is 24.9. The summed E-state index contributed by atoms with van der Waals surface area (Å²) < 4.78 is 61.6. The lowest BCUT2D eigenvalue weighted by Crippen LogP contribution is -2.23. The molecule has 0 bridgehead atoms. The van der Waals surface area contributed by atoms with Crippen LogP contribution < -0.4 is 23.0 Å². The number of hydrogen-bond acceptors (Lipinski definition) is 9. The molecule has 7 rings (SSSR count). The summed E-state index contributed by atoms with van der Waals surface area (Å²) in [5.41, 5.74) is 0.973. The number of carbonyl (C=O) groups excluding carboxylic acids is 2. The SMILES string of the molecule is CN(C)c1ccc(-c2ccc(O)c(N3CC(=O)NS3=O)c2F)cn1.O=C1CN(c2c(O)ccc(-c3cnn(C4CC4)c3)c2F)S(=O)N1. The fraction of sp³-hybridized carbons (Fsp3) is 0.241. The number of phenols is 2. The van der Waals surface area contributed by atoms with Gasteiger partial charge in [-0.15, -0.1) is 0 Å². The first kappa shape index (κ1) is 31.9. The van der Waals surface area contributed by atoms with Crippen molar-refractivity contribution in [2.75, 3.05) is 40.7 Å². The number of carbonyl (C=O) groups is 2. The Balaban J connectivity index is 0.000000164. The van der Waals surface area contributed by atoms with E-state index in [2.05, 4.69) is 19.5 Å². The molecule has 18 heteroatoms. The molecule has 2 unspecified atom stereocenters. The van der Waals surface area contributed by atoms with Crippen LogP contribution in [-0.2, 0) is 31.9 Å². The Morgan fingerprint density at radius 2 is 1.34 bits per heavy atom. The number of pyridine rings is 1. The number of nitrogens with zero attached hydrogens (tertiary/aromatic N) is 6. The van der Waals surface area contributed by atoms with E-state index >= 15 is 0 Å². The highest BCUT2D eigenvalue weighted by Crippen LogP contribution is 2.40. The predicted octanol–water partition coefficient (Wildman–Crippen LogP) is 2.42. The highest BCUT2D eigenvalue weighted by molar-refractivity contribution is 7.86. The number of hydrogen-bond donors (Lipinski definition) is 4. The van der Waals surface area contributed by atoms with Gasteiger partial charge in [0.2, 0.25) is 22.3 Å². The molecule has 14 nitrogen and oxygen atoms in total. The van der Waals surface area contributed by atoms with Gasteiger partial charge in [-0.05, 0) is 49.2 Å². The van der Waals surface area contributed by atoms with Crippen molar-refractivity contribution in [1.29, 1.82) is 0 Å². The van der Waals surface area contributed by atoms with Crippen LogP contribution in [0.3, 0.4) is 0 Å². The van der Waals surface area contributed by atoms with Gasteiger partial charge in [0, 0.05) is 48.7 Å². The minimum atomic E-state index is -1.93. The standard InChI is InChI=1S/C15H15FN4O3S.C14H13FN4O3S/c1-19(2)12-6-3-9(7-17-12)10-4-5-11(21)15(14(10)16)20-8-13(22)18-24(20)23;15-13-10(8-5-16-18(6-8)9-1-2-9)3-4-11(20)14(13)19-7-12(21)17-23(19)22/h3-7,21H,8H2,1-2H3,(H,18,22);3-6,9,20H,1-2,7H2,(H,17,21). The molecule has 47 heavy (non-hydrogen) atoms. The van der Waals surface area contributed by atoms with Gasteiger partial charge in [0.25, 0.3) is 11.8 Å². The third-order valence-corrected chi connectivity index (χ3v) is 9.64. The number of nitrogens with one attached hydrogen (secondary N) is 2. The molecule has 4 N–H and O–H groups in total. The minimum Gasteiger partial charge on any atom is -0.506 e. The number of phenolic OH excluding ortho intramolecular Hbond substituents is 2. The van der Waals surface area contributed by atoms with E-state index in [1.807, 2.05) is 19.0 Å². The van der Waals surface area contributed by atoms with E-state index in [9.17, 15) is 37.0 Å². The summed E-state index contributed by atoms with van der Waals surface area (Å²) in [6, 6.07) is 9.28. The highest BCUT2D eigenvalue weighted by atomic mass is 32.2. The summed E-state index contributed by atoms with van der Waals surface area (Å²) >= 11 is -3.83. The Labute approximate surface area is 272 Å². The third kappa shape index (κ3) is 6.33. The Morgan fingerprint density at radius 3 is 1.77 bits per heavy atom. The number of halogens is 2. The van der Waals surface area contributed by atoms with Crippen LogP contribution in [0.1, 0.15) is 18.9 Å². The maximum absolute atomic E-state index is 14.9. The Bertz CT molecular complexity index is 1940. The van der Waals surface area contributed by atoms with E-state index in [4.69, 9.17) is 0 Å². The molecule has 0 spiro atoms. The Kier molecular flexibility index (Phi) is 8.54. The van der Waals surface area contributed by atoms with Crippen molar-refractivity contribution in [3.63, 3.8) is 0 Å². The first-order valence-corrected chi connectivity index (χ1v) is 16.3. The average Bonchev–Trinajstić information content (AvgIpc) is 3.53. The number of aromatic hydroxyl groups is 2. The summed E-state index contributed by atoms with van der Waals surface area (Å²) in [7, 11) is 3.68. The molecule has 1 aliphatic carbocycles. The fourth-order valence-corrected chi connectivity index (χ4v) is 6.81. The second-order valence-electron chi connectivity index (χ2n) is 11.0. The summed E-state index contributed by atoms with van der Waals surface area (Å²) in [5.74, 6) is -2.54. The van der Waals surface area contributed by atoms with Gasteiger partial charge in [-0.2, -0.15) is 5.10 Å². The van der Waals surface area contributed by atoms with Crippen LogP contribution in [0.15, 0.2) is 55.0 Å². The van der Waals surface area contributed by atoms with E-state index in [1.165, 1.54) is 30.5 Å². The van der Waals surface area contributed by atoms with Crippen molar-refractivity contribution in [3.8, 4) is 33.8 Å². The summed E-state index contributed by atoms with van der Waals surface area (Å²) in [4.78, 5) is 28.7. The van der Waals surface area contributed by atoms with Gasteiger partial charge in [0.1, 0.15) is 41.8 Å².